The number of esters is 1. The normalized spacial score (nSPS) is 19.9. The summed E-state index contributed by atoms with van der Waals surface area (Å²) in [5.41, 5.74) is 4.13. The van der Waals surface area contributed by atoms with Crippen LogP contribution in [0, 0.1) is 13.8 Å². The third-order valence-corrected chi connectivity index (χ3v) is 14.3. The molecule has 5 heteroatoms. The fourth-order valence-corrected chi connectivity index (χ4v) is 12.3. The van der Waals surface area contributed by atoms with E-state index in [9.17, 15) is 9.59 Å². The summed E-state index contributed by atoms with van der Waals surface area (Å²) in [5.74, 6) is 0.0409. The first-order valence-electron chi connectivity index (χ1n) is 12.0. The van der Waals surface area contributed by atoms with Crippen LogP contribution in [-0.4, -0.2) is 35.5 Å². The van der Waals surface area contributed by atoms with Crippen molar-refractivity contribution >= 4 is 24.8 Å². The van der Waals surface area contributed by atoms with Crippen molar-refractivity contribution in [2.75, 3.05) is 23.8 Å². The molecule has 1 saturated carbocycles. The number of nitrogens with one attached hydrogen (secondary N) is 1. The Morgan fingerprint density at radius 3 is 2.16 bits per heavy atom. The zero-order valence-electron chi connectivity index (χ0n) is 19.4. The van der Waals surface area contributed by atoms with Crippen LogP contribution in [0.3, 0.4) is 0 Å². The van der Waals surface area contributed by atoms with Gasteiger partial charge in [-0.15, -0.1) is 0 Å². The SMILES string of the molecule is Cc1cccc(C)c1NC(=O)C1([PH]2(CC(=O)OCc3ccccc3)CCCCC2)CCC1. The Bertz CT molecular complexity index is 942. The Hall–Kier alpha value is -2.19. The van der Waals surface area contributed by atoms with Gasteiger partial charge in [-0.3, -0.25) is 0 Å². The van der Waals surface area contributed by atoms with Crippen molar-refractivity contribution in [2.45, 2.75) is 64.1 Å². The van der Waals surface area contributed by atoms with E-state index >= 15 is 0 Å². The summed E-state index contributed by atoms with van der Waals surface area (Å²) in [6.07, 6.45) is 8.99. The van der Waals surface area contributed by atoms with Gasteiger partial charge in [0.2, 0.25) is 0 Å². The molecule has 1 aliphatic heterocycles. The molecule has 1 heterocycles. The molecule has 0 radical (unpaired) electrons. The van der Waals surface area contributed by atoms with E-state index in [-0.39, 0.29) is 17.0 Å². The molecule has 1 aliphatic carbocycles. The number of ether oxygens (including phenoxy) is 1. The summed E-state index contributed by atoms with van der Waals surface area (Å²) in [4.78, 5) is 26.9. The quantitative estimate of drug-likeness (QED) is 0.423. The number of aryl methyl sites for hydroxylation is 2. The zero-order valence-corrected chi connectivity index (χ0v) is 20.4. The van der Waals surface area contributed by atoms with Crippen LogP contribution in [0.1, 0.15) is 55.2 Å². The van der Waals surface area contributed by atoms with E-state index in [1.165, 1.54) is 6.42 Å². The first kappa shape index (κ1) is 23.0. The average molecular weight is 454 g/mol. The van der Waals surface area contributed by atoms with Gasteiger partial charge in [-0.25, -0.2) is 0 Å². The van der Waals surface area contributed by atoms with Crippen LogP contribution in [0.25, 0.3) is 0 Å². The van der Waals surface area contributed by atoms with Gasteiger partial charge in [-0.1, -0.05) is 0 Å². The molecule has 172 valence electrons. The van der Waals surface area contributed by atoms with Crippen molar-refractivity contribution in [1.29, 1.82) is 0 Å². The fraction of sp³-hybridized carbons (Fsp3) is 0.481. The van der Waals surface area contributed by atoms with Gasteiger partial charge in [-0.2, -0.15) is 0 Å². The first-order chi connectivity index (χ1) is 15.5. The summed E-state index contributed by atoms with van der Waals surface area (Å²) < 4.78 is 5.72. The van der Waals surface area contributed by atoms with Gasteiger partial charge in [0, 0.05) is 0 Å². The van der Waals surface area contributed by atoms with Gasteiger partial charge in [0.1, 0.15) is 0 Å². The second-order valence-corrected chi connectivity index (χ2v) is 14.7. The van der Waals surface area contributed by atoms with E-state index in [4.69, 9.17) is 4.74 Å². The third kappa shape index (κ3) is 4.48. The molecule has 2 aromatic carbocycles. The fourth-order valence-electron chi connectivity index (χ4n) is 5.89. The van der Waals surface area contributed by atoms with E-state index in [1.54, 1.807) is 0 Å². The molecule has 1 saturated heterocycles. The Labute approximate surface area is 192 Å². The Morgan fingerprint density at radius 2 is 1.56 bits per heavy atom. The van der Waals surface area contributed by atoms with Crippen molar-refractivity contribution in [2.24, 2.45) is 0 Å². The maximum atomic E-state index is 13.9. The molecular formula is C27H36NO3P. The van der Waals surface area contributed by atoms with Crippen LogP contribution >= 0.6 is 7.26 Å². The summed E-state index contributed by atoms with van der Waals surface area (Å²) in [7, 11) is -2.19. The summed E-state index contributed by atoms with van der Waals surface area (Å²) in [5, 5.41) is 2.98. The van der Waals surface area contributed by atoms with Crippen LogP contribution in [0.5, 0.6) is 0 Å². The Kier molecular flexibility index (Phi) is 7.00. The predicted octanol–water partition coefficient (Wildman–Crippen LogP) is 5.84. The molecule has 0 aromatic heterocycles. The maximum absolute atomic E-state index is 13.9. The second-order valence-electron chi connectivity index (χ2n) is 9.82. The van der Waals surface area contributed by atoms with E-state index in [0.717, 1.165) is 66.8 Å². The second kappa shape index (κ2) is 9.75. The number of para-hydroxylation sites is 1. The summed E-state index contributed by atoms with van der Waals surface area (Å²) >= 11 is 0. The number of carbonyl (C=O) groups excluding carboxylic acids is 2. The van der Waals surface area contributed by atoms with Gasteiger partial charge in [0.15, 0.2) is 0 Å². The molecule has 0 unspecified atom stereocenters. The predicted molar refractivity (Wildman–Crippen MR) is 134 cm³/mol. The van der Waals surface area contributed by atoms with Gasteiger partial charge >= 0.3 is 192 Å². The topological polar surface area (TPSA) is 55.4 Å². The zero-order chi connectivity index (χ0) is 22.6. The molecule has 2 aliphatic rings. The Balaban J connectivity index is 1.54. The number of benzene rings is 2. The van der Waals surface area contributed by atoms with Crippen LogP contribution in [-0.2, 0) is 20.9 Å². The molecule has 4 rings (SSSR count). The van der Waals surface area contributed by atoms with Gasteiger partial charge < -0.3 is 0 Å². The van der Waals surface area contributed by atoms with Crippen molar-refractivity contribution in [3.8, 4) is 0 Å². The number of hydrogen-bond donors (Lipinski definition) is 1. The minimum atomic E-state index is -2.19. The van der Waals surface area contributed by atoms with E-state index in [2.05, 4.69) is 5.32 Å². The molecule has 2 fully saturated rings. The molecule has 0 atom stereocenters. The average Bonchev–Trinajstić information content (AvgIpc) is 2.75. The number of hydrogen-bond acceptors (Lipinski definition) is 3. The molecule has 1 N–H and O–H groups in total. The molecule has 0 spiro atoms. The van der Waals surface area contributed by atoms with Crippen molar-refractivity contribution < 1.29 is 14.3 Å². The number of carbonyl (C=O) groups is 2. The number of anilines is 1. The van der Waals surface area contributed by atoms with Crippen LogP contribution in [0.4, 0.5) is 5.69 Å². The van der Waals surface area contributed by atoms with Crippen molar-refractivity contribution in [3.63, 3.8) is 0 Å². The van der Waals surface area contributed by atoms with E-state index < -0.39 is 7.26 Å². The van der Waals surface area contributed by atoms with Crippen LogP contribution in [0.15, 0.2) is 48.5 Å². The van der Waals surface area contributed by atoms with E-state index in [0.29, 0.717) is 12.8 Å². The van der Waals surface area contributed by atoms with Gasteiger partial charge in [0.05, 0.1) is 0 Å². The standard InChI is InChI=1S/C27H36NO3P/c1-21-11-9-12-22(2)25(21)28-26(30)27(15-10-16-27)32(17-7-4-8-18-32)20-24(29)31-19-23-13-5-3-6-14-23/h3,5-6,9,11-14,32H,4,7-8,10,15-20H2,1-2H3,(H,28,30). The minimum absolute atomic E-state index is 0.117. The first-order valence-corrected chi connectivity index (χ1v) is 14.7. The third-order valence-electron chi connectivity index (χ3n) is 7.91. The van der Waals surface area contributed by atoms with Crippen molar-refractivity contribution in [3.05, 3.63) is 65.2 Å². The molecular weight excluding hydrogens is 417 g/mol. The van der Waals surface area contributed by atoms with Gasteiger partial charge in [0.25, 0.3) is 0 Å². The molecule has 1 amide bonds. The van der Waals surface area contributed by atoms with Crippen LogP contribution < -0.4 is 5.32 Å². The van der Waals surface area contributed by atoms with E-state index in [1.807, 2.05) is 62.4 Å². The molecule has 0 bridgehead atoms. The molecule has 2 aromatic rings. The number of rotatable bonds is 7. The summed E-state index contributed by atoms with van der Waals surface area (Å²) in [6, 6.07) is 16.0. The Morgan fingerprint density at radius 1 is 0.906 bits per heavy atom. The molecule has 32 heavy (non-hydrogen) atoms. The van der Waals surface area contributed by atoms with Crippen molar-refractivity contribution in [1.82, 2.24) is 0 Å². The monoisotopic (exact) mass is 453 g/mol. The summed E-state index contributed by atoms with van der Waals surface area (Å²) in [6.45, 7) is 4.40. The van der Waals surface area contributed by atoms with Crippen LogP contribution in [0.2, 0.25) is 0 Å². The van der Waals surface area contributed by atoms with Gasteiger partial charge in [-0.05, 0) is 0 Å². The molecule has 4 nitrogen and oxygen atoms in total. The number of amides is 1.